The van der Waals surface area contributed by atoms with Crippen molar-refractivity contribution < 1.29 is 28.3 Å². The Hall–Kier alpha value is -1.52. The van der Waals surface area contributed by atoms with E-state index >= 15 is 0 Å². The lowest BCUT2D eigenvalue weighted by atomic mass is 9.53. The van der Waals surface area contributed by atoms with E-state index in [9.17, 15) is 1.37 Å². The lowest BCUT2D eigenvalue weighted by Crippen LogP contribution is -2.64. The summed E-state index contributed by atoms with van der Waals surface area (Å²) in [6.07, 6.45) is -1.82. The van der Waals surface area contributed by atoms with Gasteiger partial charge in [-0.2, -0.15) is 0 Å². The van der Waals surface area contributed by atoms with E-state index < -0.39 is 55.3 Å². The number of hydrogen-bond donors (Lipinski definition) is 1. The normalized spacial score (nSPS) is 56.1. The fraction of sp³-hybridized carbons (Fsp3) is 0.556. The number of aliphatic hydroxyl groups is 1. The highest BCUT2D eigenvalue weighted by atomic mass is 16.5. The molecule has 2 aliphatic heterocycles. The molecule has 1 saturated heterocycles. The Morgan fingerprint density at radius 1 is 1.59 bits per heavy atom. The Labute approximate surface area is 145 Å². The molecule has 116 valence electrons. The largest absolute Gasteiger partial charge is 0.493 e. The highest BCUT2D eigenvalue weighted by Crippen LogP contribution is 2.62. The second-order valence-electron chi connectivity index (χ2n) is 6.23. The van der Waals surface area contributed by atoms with Gasteiger partial charge in [-0.25, -0.2) is 0 Å². The molecule has 0 amide bonds. The Morgan fingerprint density at radius 2 is 2.59 bits per heavy atom. The molecule has 2 bridgehead atoms. The van der Waals surface area contributed by atoms with E-state index in [4.69, 9.17) is 23.2 Å². The Bertz CT molecular complexity index is 1070. The first kappa shape index (κ1) is 6.17. The minimum absolute atomic E-state index is 0.0217. The van der Waals surface area contributed by atoms with Gasteiger partial charge in [0.2, 0.25) is 1.43 Å². The number of benzene rings is 1. The predicted octanol–water partition coefficient (Wildman–Crippen LogP) is 1.50. The molecule has 1 aromatic carbocycles. The summed E-state index contributed by atoms with van der Waals surface area (Å²) in [4.78, 5) is 1.32. The van der Waals surface area contributed by atoms with Crippen molar-refractivity contribution in [3.63, 3.8) is 0 Å². The van der Waals surface area contributed by atoms with Crippen LogP contribution in [0.1, 0.15) is 31.3 Å². The number of likely N-dealkylation sites (tertiary alicyclic amines) is 1. The van der Waals surface area contributed by atoms with Gasteiger partial charge in [0.25, 0.3) is 0 Å². The van der Waals surface area contributed by atoms with Crippen molar-refractivity contribution >= 4 is 0 Å². The minimum atomic E-state index is -2.97. The number of piperidine rings is 1. The molecular weight excluding hydrogens is 278 g/mol. The maximum absolute atomic E-state index is 9.32. The number of methoxy groups -OCH3 is 1. The van der Waals surface area contributed by atoms with Gasteiger partial charge in [0.1, 0.15) is 12.2 Å². The molecule has 2 aliphatic carbocycles. The molecule has 0 radical (unpaired) electrons. The van der Waals surface area contributed by atoms with Crippen molar-refractivity contribution in [2.75, 3.05) is 20.6 Å². The Morgan fingerprint density at radius 3 is 3.45 bits per heavy atom. The quantitative estimate of drug-likeness (QED) is 0.841. The van der Waals surface area contributed by atoms with Crippen LogP contribution in [-0.4, -0.2) is 50.2 Å². The first-order chi connectivity index (χ1) is 15.1. The molecule has 1 aromatic rings. The zero-order valence-electron chi connectivity index (χ0n) is 22.6. The lowest BCUT2D eigenvalue weighted by Gasteiger charge is -2.56. The van der Waals surface area contributed by atoms with Crippen LogP contribution < -0.4 is 9.47 Å². The number of ether oxygens (including phenoxy) is 2. The Kier molecular flexibility index (Phi) is 1.14. The van der Waals surface area contributed by atoms with Crippen molar-refractivity contribution in [2.24, 2.45) is 5.92 Å². The average Bonchev–Trinajstić information content (AvgIpc) is 2.96. The topological polar surface area (TPSA) is 41.9 Å². The zero-order chi connectivity index (χ0) is 24.4. The van der Waals surface area contributed by atoms with Gasteiger partial charge in [-0.3, -0.25) is 0 Å². The molecule has 0 aromatic heterocycles. The fourth-order valence-corrected chi connectivity index (χ4v) is 4.59. The molecule has 4 heteroatoms. The zero-order valence-corrected chi connectivity index (χ0v) is 11.6. The smallest absolute Gasteiger partial charge is 0.211 e. The van der Waals surface area contributed by atoms with Crippen molar-refractivity contribution in [1.82, 2.24) is 4.90 Å². The highest BCUT2D eigenvalue weighted by molar-refractivity contribution is 5.62. The SMILES string of the molecule is [2H]OC1([2H])C=C[C@H]2[C@H]3Cc4c([2H])c([2H])c(OC([2H])([2H])[2H])c5c4[C@@]2(CCN3C([2H])([2H])[2H])C1([2H])O5. The molecule has 0 saturated carbocycles. The summed E-state index contributed by atoms with van der Waals surface area (Å²) >= 11 is 0. The molecule has 1 N–H and O–H groups in total. The van der Waals surface area contributed by atoms with E-state index in [0.717, 1.165) is 0 Å². The molecule has 2 unspecified atom stereocenters. The van der Waals surface area contributed by atoms with Crippen LogP contribution in [0.15, 0.2) is 24.2 Å². The van der Waals surface area contributed by atoms with Gasteiger partial charge in [0.05, 0.1) is 16.6 Å². The van der Waals surface area contributed by atoms with Crippen LogP contribution in [0.5, 0.6) is 11.5 Å². The Balaban J connectivity index is 1.85. The van der Waals surface area contributed by atoms with E-state index in [1.54, 1.807) is 6.08 Å². The standard InChI is InChI=1S/C18H21NO3/c1-19-8-7-18-11-4-5-13(20)17(18)22-16-14(21-2)6-3-10(15(16)18)9-12(11)19/h3-6,11-13,17,20H,7-9H2,1-2H3/t11-,12+,13?,17?,18-/m0/s1/i1D3,2D3,3D,6D,13D,17D,20D. The van der Waals surface area contributed by atoms with Crippen LogP contribution in [0.25, 0.3) is 0 Å². The molecule has 2 heterocycles. The molecule has 5 atom stereocenters. The maximum Gasteiger partial charge on any atom is 0.211 e. The molecule has 4 nitrogen and oxygen atoms in total. The van der Waals surface area contributed by atoms with E-state index in [0.29, 0.717) is 0 Å². The summed E-state index contributed by atoms with van der Waals surface area (Å²) in [6.45, 7) is -2.43. The minimum Gasteiger partial charge on any atom is -0.493 e. The van der Waals surface area contributed by atoms with Crippen LogP contribution in [0.3, 0.4) is 0 Å². The summed E-state index contributed by atoms with van der Waals surface area (Å²) in [5.41, 5.74) is -0.863. The van der Waals surface area contributed by atoms with Crippen LogP contribution in [0.4, 0.5) is 0 Å². The third-order valence-corrected chi connectivity index (χ3v) is 5.44. The monoisotopic (exact) mass is 310 g/mol. The summed E-state index contributed by atoms with van der Waals surface area (Å²) in [7, 11) is -2.97. The third kappa shape index (κ3) is 1.28. The van der Waals surface area contributed by atoms with Gasteiger partial charge in [0, 0.05) is 27.1 Å². The van der Waals surface area contributed by atoms with Crippen LogP contribution in [0.2, 0.25) is 0 Å². The highest BCUT2D eigenvalue weighted by Gasteiger charge is 2.64. The fourth-order valence-electron chi connectivity index (χ4n) is 4.59. The second kappa shape index (κ2) is 4.06. The first-order valence-corrected chi connectivity index (χ1v) is 7.26. The van der Waals surface area contributed by atoms with Crippen molar-refractivity contribution in [3.8, 4) is 11.5 Å². The lowest BCUT2D eigenvalue weighted by molar-refractivity contribution is -0.0453. The number of rotatable bonds is 2. The van der Waals surface area contributed by atoms with E-state index in [2.05, 4.69) is 5.11 Å². The molecule has 4 aliphatic rings. The molecule has 1 spiro atoms. The second-order valence-corrected chi connectivity index (χ2v) is 6.23. The van der Waals surface area contributed by atoms with E-state index in [1.165, 1.54) is 11.0 Å². The van der Waals surface area contributed by atoms with Crippen LogP contribution in [0, 0.1) is 5.92 Å². The number of nitrogens with zero attached hydrogens (tertiary/aromatic N) is 1. The average molecular weight is 310 g/mol. The van der Waals surface area contributed by atoms with Gasteiger partial charge >= 0.3 is 0 Å². The molecule has 1 fully saturated rings. The van der Waals surface area contributed by atoms with Gasteiger partial charge in [0.15, 0.2) is 11.5 Å². The first-order valence-electron chi connectivity index (χ1n) is 12.7. The van der Waals surface area contributed by atoms with E-state index in [-0.39, 0.29) is 42.3 Å². The molecule has 5 rings (SSSR count). The predicted molar refractivity (Wildman–Crippen MR) is 82.5 cm³/mol. The van der Waals surface area contributed by atoms with Crippen LogP contribution >= 0.6 is 0 Å². The third-order valence-electron chi connectivity index (χ3n) is 5.44. The number of hydrogen-bond acceptors (Lipinski definition) is 4. The summed E-state index contributed by atoms with van der Waals surface area (Å²) in [5, 5.41) is 4.67. The van der Waals surface area contributed by atoms with Gasteiger partial charge < -0.3 is 19.5 Å². The molecular formula is C18H21NO3. The van der Waals surface area contributed by atoms with E-state index in [1.807, 2.05) is 0 Å². The summed E-state index contributed by atoms with van der Waals surface area (Å²) in [6, 6.07) is -1.60. The van der Waals surface area contributed by atoms with Crippen molar-refractivity contribution in [3.05, 3.63) is 35.4 Å². The van der Waals surface area contributed by atoms with Gasteiger partial charge in [-0.1, -0.05) is 18.2 Å². The number of likely N-dealkylation sites (N-methyl/N-ethyl adjacent to an activating group) is 1. The van der Waals surface area contributed by atoms with Gasteiger partial charge in [-0.05, 0) is 38.0 Å². The maximum atomic E-state index is 9.32. The van der Waals surface area contributed by atoms with Gasteiger partial charge in [-0.15, -0.1) is 0 Å². The summed E-state index contributed by atoms with van der Waals surface area (Å²) < 4.78 is 100. The van der Waals surface area contributed by atoms with Crippen molar-refractivity contribution in [1.29, 1.82) is 1.43 Å². The molecule has 22 heavy (non-hydrogen) atoms. The van der Waals surface area contributed by atoms with Crippen molar-refractivity contribution in [2.45, 2.75) is 36.5 Å². The summed E-state index contributed by atoms with van der Waals surface area (Å²) in [5.74, 6) is -1.40. The van der Waals surface area contributed by atoms with Crippen LogP contribution in [-0.2, 0) is 11.8 Å².